The first-order chi connectivity index (χ1) is 8.33. The Morgan fingerprint density at radius 1 is 1.00 bits per heavy atom. The Labute approximate surface area is 106 Å². The quantitative estimate of drug-likeness (QED) is 0.339. The SMILES string of the molecule is F[SiH3].N#CCCC(F)F.N#CCCC[Si](F)(F)F. The van der Waals surface area contributed by atoms with Gasteiger partial charge in [-0.1, -0.05) is 0 Å². The fourth-order valence-electron chi connectivity index (χ4n) is 0.542. The lowest BCUT2D eigenvalue weighted by Gasteiger charge is -1.96. The van der Waals surface area contributed by atoms with Gasteiger partial charge in [-0.3, -0.25) is 0 Å². The van der Waals surface area contributed by atoms with Crippen molar-refractivity contribution in [1.29, 1.82) is 10.5 Å². The van der Waals surface area contributed by atoms with Gasteiger partial charge in [-0.15, -0.1) is 0 Å². The van der Waals surface area contributed by atoms with Gasteiger partial charge in [0.2, 0.25) is 17.0 Å². The first kappa shape index (κ1) is 22.2. The van der Waals surface area contributed by atoms with Gasteiger partial charge in [0.25, 0.3) is 0 Å². The molecular weight excluding hydrogens is 294 g/mol. The minimum absolute atomic E-state index is 0.0203. The Morgan fingerprint density at radius 2 is 1.44 bits per heavy atom. The molecule has 2 nitrogen and oxygen atoms in total. The molecule has 0 radical (unpaired) electrons. The third-order valence-corrected chi connectivity index (χ3v) is 2.14. The maximum atomic E-state index is 11.4. The zero-order valence-corrected chi connectivity index (χ0v) is 12.8. The summed E-state index contributed by atoms with van der Waals surface area (Å²) in [6, 6.07) is 2.57. The van der Waals surface area contributed by atoms with Gasteiger partial charge in [-0.05, 0) is 6.42 Å². The van der Waals surface area contributed by atoms with Crippen molar-refractivity contribution < 1.29 is 25.2 Å². The van der Waals surface area contributed by atoms with E-state index >= 15 is 0 Å². The Hall–Kier alpha value is -1.01. The van der Waals surface area contributed by atoms with Crippen LogP contribution in [0.2, 0.25) is 6.04 Å². The minimum Gasteiger partial charge on any atom is -0.327 e. The molecule has 0 fully saturated rings. The van der Waals surface area contributed by atoms with Gasteiger partial charge >= 0.3 is 9.08 Å². The van der Waals surface area contributed by atoms with Crippen molar-refractivity contribution in [2.24, 2.45) is 0 Å². The van der Waals surface area contributed by atoms with Crippen molar-refractivity contribution in [1.82, 2.24) is 0 Å². The van der Waals surface area contributed by atoms with E-state index in [1.54, 1.807) is 12.1 Å². The molecule has 0 atom stereocenters. The molecule has 0 bridgehead atoms. The van der Waals surface area contributed by atoms with Crippen molar-refractivity contribution in [3.8, 4) is 12.1 Å². The Bertz CT molecular complexity index is 245. The molecule has 18 heavy (non-hydrogen) atoms. The van der Waals surface area contributed by atoms with Crippen molar-refractivity contribution in [2.75, 3.05) is 0 Å². The highest BCUT2D eigenvalue weighted by molar-refractivity contribution is 6.58. The van der Waals surface area contributed by atoms with Crippen LogP contribution in [-0.4, -0.2) is 26.1 Å². The molecule has 0 aliphatic heterocycles. The van der Waals surface area contributed by atoms with Gasteiger partial charge in [0.1, 0.15) is 0 Å². The van der Waals surface area contributed by atoms with Crippen molar-refractivity contribution in [2.45, 2.75) is 38.2 Å². The molecule has 0 saturated heterocycles. The molecular formula is C8H14F6N2Si2. The summed E-state index contributed by atoms with van der Waals surface area (Å²) in [5, 5.41) is 15.6. The van der Waals surface area contributed by atoms with Crippen LogP contribution in [-0.2, 0) is 0 Å². The molecule has 0 heterocycles. The number of rotatable bonds is 5. The second-order valence-electron chi connectivity index (χ2n) is 2.71. The number of halogens is 6. The summed E-state index contributed by atoms with van der Waals surface area (Å²) in [7, 11) is -5.54. The summed E-state index contributed by atoms with van der Waals surface area (Å²) < 4.78 is 66.0. The van der Waals surface area contributed by atoms with Crippen LogP contribution in [0, 0.1) is 22.7 Å². The Morgan fingerprint density at radius 3 is 1.67 bits per heavy atom. The van der Waals surface area contributed by atoms with E-state index in [-0.39, 0.29) is 36.3 Å². The van der Waals surface area contributed by atoms with Crippen LogP contribution in [0.25, 0.3) is 0 Å². The predicted molar refractivity (Wildman–Crippen MR) is 60.6 cm³/mol. The van der Waals surface area contributed by atoms with Gasteiger partial charge < -0.3 is 4.11 Å². The van der Waals surface area contributed by atoms with E-state index < -0.39 is 21.5 Å². The average molecular weight is 308 g/mol. The Kier molecular flexibility index (Phi) is 19.7. The average Bonchev–Trinajstić information content (AvgIpc) is 2.28. The van der Waals surface area contributed by atoms with Gasteiger partial charge in [0.15, 0.2) is 0 Å². The minimum atomic E-state index is -5.35. The number of unbranched alkanes of at least 4 members (excludes halogenated alkanes) is 1. The van der Waals surface area contributed by atoms with Crippen molar-refractivity contribution in [3.05, 3.63) is 0 Å². The van der Waals surface area contributed by atoms with E-state index in [9.17, 15) is 25.2 Å². The predicted octanol–water partition coefficient (Wildman–Crippen LogP) is 2.93. The van der Waals surface area contributed by atoms with E-state index in [2.05, 4.69) is 0 Å². The smallest absolute Gasteiger partial charge is 0.327 e. The number of alkyl halides is 2. The first-order valence-corrected chi connectivity index (χ1v) is 7.39. The number of nitriles is 2. The van der Waals surface area contributed by atoms with Crippen LogP contribution in [0.15, 0.2) is 0 Å². The molecule has 0 aliphatic carbocycles. The van der Waals surface area contributed by atoms with E-state index in [0.717, 1.165) is 0 Å². The summed E-state index contributed by atoms with van der Waals surface area (Å²) in [4.78, 5) is 0. The third kappa shape index (κ3) is 36.3. The zero-order chi connectivity index (χ0) is 15.0. The van der Waals surface area contributed by atoms with E-state index in [1.807, 2.05) is 0 Å². The lowest BCUT2D eigenvalue weighted by molar-refractivity contribution is 0.139. The standard InChI is InChI=1S/C4H6F3NSi.C4H5F2N.FH3Si/c5-9(6,7)4-2-1-3-8;5-4(6)2-1-3-7;1-2/h1-2,4H2;4H,1-2H2;2H3. The maximum Gasteiger partial charge on any atom is 0.616 e. The van der Waals surface area contributed by atoms with Gasteiger partial charge in [0.05, 0.1) is 12.1 Å². The van der Waals surface area contributed by atoms with Crippen molar-refractivity contribution in [3.63, 3.8) is 0 Å². The molecule has 0 aromatic carbocycles. The molecule has 0 aromatic rings. The highest BCUT2D eigenvalue weighted by Crippen LogP contribution is 2.17. The normalized spacial score (nSPS) is 9.39. The van der Waals surface area contributed by atoms with E-state index in [0.29, 0.717) is 0 Å². The number of nitrogens with zero attached hydrogens (tertiary/aromatic N) is 2. The van der Waals surface area contributed by atoms with Gasteiger partial charge in [-0.25, -0.2) is 21.1 Å². The fraction of sp³-hybridized carbons (Fsp3) is 0.750. The lowest BCUT2D eigenvalue weighted by Crippen LogP contribution is -2.13. The topological polar surface area (TPSA) is 47.6 Å². The van der Waals surface area contributed by atoms with E-state index in [1.165, 1.54) is 0 Å². The van der Waals surface area contributed by atoms with E-state index in [4.69, 9.17) is 10.5 Å². The summed E-state index contributed by atoms with van der Waals surface area (Å²) in [6.45, 7) is 0. The van der Waals surface area contributed by atoms with Gasteiger partial charge in [-0.2, -0.15) is 10.5 Å². The molecule has 0 saturated carbocycles. The molecule has 0 amide bonds. The largest absolute Gasteiger partial charge is 0.616 e. The molecule has 0 N–H and O–H groups in total. The molecule has 0 aromatic heterocycles. The molecule has 106 valence electrons. The zero-order valence-electron chi connectivity index (χ0n) is 9.78. The number of hydrogen-bond acceptors (Lipinski definition) is 2. The third-order valence-electron chi connectivity index (χ3n) is 1.22. The highest BCUT2D eigenvalue weighted by atomic mass is 28.5. The lowest BCUT2D eigenvalue weighted by atomic mass is 10.3. The van der Waals surface area contributed by atoms with Crippen LogP contribution < -0.4 is 0 Å². The summed E-state index contributed by atoms with van der Waals surface area (Å²) in [6.07, 6.45) is -2.66. The Balaban J connectivity index is -0.000000225. The second kappa shape index (κ2) is 16.0. The van der Waals surface area contributed by atoms with Crippen LogP contribution in [0.1, 0.15) is 25.7 Å². The molecule has 0 aliphatic rings. The van der Waals surface area contributed by atoms with Gasteiger partial charge in [0, 0.05) is 25.3 Å². The van der Waals surface area contributed by atoms with Crippen LogP contribution in [0.5, 0.6) is 0 Å². The summed E-state index contributed by atoms with van der Waals surface area (Å²) in [5.74, 6) is 0. The molecule has 10 heteroatoms. The van der Waals surface area contributed by atoms with Crippen molar-refractivity contribution >= 4 is 19.7 Å². The van der Waals surface area contributed by atoms with Crippen LogP contribution in [0.4, 0.5) is 25.2 Å². The highest BCUT2D eigenvalue weighted by Gasteiger charge is 2.35. The summed E-state index contributed by atoms with van der Waals surface area (Å²) in [5.41, 5.74) is 0. The molecule has 0 spiro atoms. The monoisotopic (exact) mass is 308 g/mol. The molecule has 0 unspecified atom stereocenters. The summed E-state index contributed by atoms with van der Waals surface area (Å²) >= 11 is 0. The fourth-order valence-corrected chi connectivity index (χ4v) is 1.12. The first-order valence-electron chi connectivity index (χ1n) is 4.80. The maximum absolute atomic E-state index is 11.4. The number of hydrogen-bond donors (Lipinski definition) is 0. The second-order valence-corrected chi connectivity index (χ2v) is 4.45. The van der Waals surface area contributed by atoms with Crippen LogP contribution in [0.3, 0.4) is 0 Å². The van der Waals surface area contributed by atoms with Crippen LogP contribution >= 0.6 is 0 Å². The molecule has 0 rings (SSSR count).